The number of nitrogens with one attached hydrogen (secondary N) is 1. The molecule has 0 aliphatic carbocycles. The number of aryl methyl sites for hydroxylation is 1. The zero-order valence-electron chi connectivity index (χ0n) is 9.95. The molecule has 1 aliphatic rings. The highest BCUT2D eigenvalue weighted by Crippen LogP contribution is 2.12. The van der Waals surface area contributed by atoms with Crippen molar-refractivity contribution < 1.29 is 14.1 Å². The average Bonchev–Trinajstić information content (AvgIpc) is 2.56. The predicted molar refractivity (Wildman–Crippen MR) is 60.6 cm³/mol. The number of carbonyl (C=O) groups is 1. The van der Waals surface area contributed by atoms with Gasteiger partial charge in [0.05, 0.1) is 38.5 Å². The number of furan rings is 1. The lowest BCUT2D eigenvalue weighted by Gasteiger charge is -2.18. The number of rotatable bonds is 1. The minimum atomic E-state index is 0.112. The van der Waals surface area contributed by atoms with E-state index in [0.717, 1.165) is 38.4 Å². The van der Waals surface area contributed by atoms with Crippen LogP contribution in [0, 0.1) is 6.92 Å². The van der Waals surface area contributed by atoms with Gasteiger partial charge in [-0.05, 0) is 13.0 Å². The Morgan fingerprint density at radius 3 is 2.94 bits per heavy atom. The van der Waals surface area contributed by atoms with Crippen LogP contribution < -0.4 is 4.90 Å². The van der Waals surface area contributed by atoms with Gasteiger partial charge in [0, 0.05) is 13.0 Å². The minimum absolute atomic E-state index is 0.112. The Bertz CT molecular complexity index is 373. The summed E-state index contributed by atoms with van der Waals surface area (Å²) < 4.78 is 5.18. The molecule has 4 nitrogen and oxygen atoms in total. The molecule has 88 valence electrons. The number of amides is 1. The maximum Gasteiger partial charge on any atom is 0.257 e. The highest BCUT2D eigenvalue weighted by Gasteiger charge is 2.22. The van der Waals surface area contributed by atoms with Crippen LogP contribution in [0.3, 0.4) is 0 Å². The molecule has 0 aromatic carbocycles. The summed E-state index contributed by atoms with van der Waals surface area (Å²) in [6, 6.07) is 1.76. The molecular formula is C12H19N2O2+. The second-order valence-corrected chi connectivity index (χ2v) is 4.49. The van der Waals surface area contributed by atoms with Crippen LogP contribution in [0.4, 0.5) is 0 Å². The maximum absolute atomic E-state index is 12.2. The predicted octanol–water partition coefficient (Wildman–Crippen LogP) is -0.0514. The van der Waals surface area contributed by atoms with Gasteiger partial charge in [0.15, 0.2) is 0 Å². The van der Waals surface area contributed by atoms with E-state index in [0.29, 0.717) is 5.56 Å². The van der Waals surface area contributed by atoms with Crippen LogP contribution in [0.2, 0.25) is 0 Å². The molecule has 1 amide bonds. The van der Waals surface area contributed by atoms with E-state index in [1.807, 2.05) is 11.8 Å². The third-order valence-corrected chi connectivity index (χ3v) is 3.22. The fourth-order valence-electron chi connectivity index (χ4n) is 2.11. The number of hydrogen-bond acceptors (Lipinski definition) is 2. The second-order valence-electron chi connectivity index (χ2n) is 4.49. The van der Waals surface area contributed by atoms with Gasteiger partial charge < -0.3 is 14.2 Å². The van der Waals surface area contributed by atoms with Crippen molar-refractivity contribution in [3.05, 3.63) is 23.7 Å². The fourth-order valence-corrected chi connectivity index (χ4v) is 2.11. The van der Waals surface area contributed by atoms with Gasteiger partial charge in [0.25, 0.3) is 5.91 Å². The van der Waals surface area contributed by atoms with Crippen molar-refractivity contribution in [1.82, 2.24) is 4.90 Å². The van der Waals surface area contributed by atoms with Crippen molar-refractivity contribution in [3.63, 3.8) is 0 Å². The zero-order chi connectivity index (χ0) is 11.5. The molecule has 1 aromatic rings. The summed E-state index contributed by atoms with van der Waals surface area (Å²) in [5.74, 6) is 0.830. The first-order chi connectivity index (χ1) is 7.68. The standard InChI is InChI=1S/C12H18N2O2/c1-10-11(4-9-16-10)12(15)14-6-3-5-13(2)7-8-14/h4,9H,3,5-8H2,1-2H3/p+1. The smallest absolute Gasteiger partial charge is 0.257 e. The maximum atomic E-state index is 12.2. The first-order valence-electron chi connectivity index (χ1n) is 5.83. The number of hydrogen-bond donors (Lipinski definition) is 1. The van der Waals surface area contributed by atoms with E-state index < -0.39 is 0 Å². The molecule has 1 atom stereocenters. The Hall–Kier alpha value is -1.29. The van der Waals surface area contributed by atoms with Gasteiger partial charge in [0.2, 0.25) is 0 Å². The number of likely N-dealkylation sites (N-methyl/N-ethyl adjacent to an activating group) is 1. The lowest BCUT2D eigenvalue weighted by molar-refractivity contribution is -0.877. The number of carbonyl (C=O) groups excluding carboxylic acids is 1. The first-order valence-corrected chi connectivity index (χ1v) is 5.83. The van der Waals surface area contributed by atoms with Gasteiger partial charge in [-0.25, -0.2) is 0 Å². The van der Waals surface area contributed by atoms with E-state index in [1.54, 1.807) is 12.3 Å². The first kappa shape index (κ1) is 11.2. The van der Waals surface area contributed by atoms with Crippen molar-refractivity contribution >= 4 is 5.91 Å². The highest BCUT2D eigenvalue weighted by molar-refractivity contribution is 5.95. The van der Waals surface area contributed by atoms with Crippen LogP contribution in [0.5, 0.6) is 0 Å². The highest BCUT2D eigenvalue weighted by atomic mass is 16.3. The van der Waals surface area contributed by atoms with Crippen molar-refractivity contribution in [3.8, 4) is 0 Å². The molecule has 0 bridgehead atoms. The molecule has 1 aliphatic heterocycles. The molecule has 2 heterocycles. The molecule has 1 aromatic heterocycles. The summed E-state index contributed by atoms with van der Waals surface area (Å²) in [5.41, 5.74) is 0.708. The summed E-state index contributed by atoms with van der Waals surface area (Å²) in [6.07, 6.45) is 2.66. The van der Waals surface area contributed by atoms with Crippen LogP contribution in [0.25, 0.3) is 0 Å². The molecule has 1 N–H and O–H groups in total. The SMILES string of the molecule is Cc1occc1C(=O)N1CCC[NH+](C)CC1. The second kappa shape index (κ2) is 4.70. The van der Waals surface area contributed by atoms with Gasteiger partial charge >= 0.3 is 0 Å². The van der Waals surface area contributed by atoms with Crippen LogP contribution in [-0.4, -0.2) is 44.0 Å². The summed E-state index contributed by atoms with van der Waals surface area (Å²) >= 11 is 0. The van der Waals surface area contributed by atoms with Crippen LogP contribution >= 0.6 is 0 Å². The van der Waals surface area contributed by atoms with Crippen molar-refractivity contribution in [2.75, 3.05) is 33.2 Å². The summed E-state index contributed by atoms with van der Waals surface area (Å²) in [4.78, 5) is 15.6. The van der Waals surface area contributed by atoms with Crippen LogP contribution in [0.1, 0.15) is 22.5 Å². The topological polar surface area (TPSA) is 37.9 Å². The molecule has 4 heteroatoms. The Labute approximate surface area is 95.8 Å². The minimum Gasteiger partial charge on any atom is -0.469 e. The van der Waals surface area contributed by atoms with Gasteiger partial charge in [0.1, 0.15) is 5.76 Å². The molecule has 1 fully saturated rings. The molecule has 0 saturated carbocycles. The van der Waals surface area contributed by atoms with Crippen molar-refractivity contribution in [1.29, 1.82) is 0 Å². The Balaban J connectivity index is 2.07. The van der Waals surface area contributed by atoms with E-state index in [2.05, 4.69) is 7.05 Å². The molecule has 2 rings (SSSR count). The molecule has 1 unspecified atom stereocenters. The summed E-state index contributed by atoms with van der Waals surface area (Å²) in [5, 5.41) is 0. The Kier molecular flexibility index (Phi) is 3.29. The van der Waals surface area contributed by atoms with Gasteiger partial charge in [-0.3, -0.25) is 4.79 Å². The third kappa shape index (κ3) is 2.27. The van der Waals surface area contributed by atoms with E-state index in [-0.39, 0.29) is 5.91 Å². The van der Waals surface area contributed by atoms with E-state index in [1.165, 1.54) is 4.90 Å². The van der Waals surface area contributed by atoms with Crippen LogP contribution in [-0.2, 0) is 0 Å². The van der Waals surface area contributed by atoms with E-state index >= 15 is 0 Å². The van der Waals surface area contributed by atoms with Gasteiger partial charge in [-0.15, -0.1) is 0 Å². The van der Waals surface area contributed by atoms with Crippen LogP contribution in [0.15, 0.2) is 16.7 Å². The monoisotopic (exact) mass is 223 g/mol. The Morgan fingerprint density at radius 1 is 1.44 bits per heavy atom. The fraction of sp³-hybridized carbons (Fsp3) is 0.583. The lowest BCUT2D eigenvalue weighted by atomic mass is 10.2. The lowest BCUT2D eigenvalue weighted by Crippen LogP contribution is -3.09. The average molecular weight is 223 g/mol. The van der Waals surface area contributed by atoms with E-state index in [9.17, 15) is 4.79 Å². The van der Waals surface area contributed by atoms with Crippen molar-refractivity contribution in [2.45, 2.75) is 13.3 Å². The Morgan fingerprint density at radius 2 is 2.25 bits per heavy atom. The summed E-state index contributed by atoms with van der Waals surface area (Å²) in [6.45, 7) is 5.72. The molecular weight excluding hydrogens is 204 g/mol. The van der Waals surface area contributed by atoms with E-state index in [4.69, 9.17) is 4.42 Å². The quantitative estimate of drug-likeness (QED) is 0.725. The molecule has 16 heavy (non-hydrogen) atoms. The van der Waals surface area contributed by atoms with Crippen molar-refractivity contribution in [2.24, 2.45) is 0 Å². The van der Waals surface area contributed by atoms with Gasteiger partial charge in [-0.2, -0.15) is 0 Å². The molecule has 0 spiro atoms. The van der Waals surface area contributed by atoms with Gasteiger partial charge in [-0.1, -0.05) is 0 Å². The molecule has 0 radical (unpaired) electrons. The largest absolute Gasteiger partial charge is 0.469 e. The number of quaternary nitrogens is 1. The summed E-state index contributed by atoms with van der Waals surface area (Å²) in [7, 11) is 2.18. The number of nitrogens with zero attached hydrogens (tertiary/aromatic N) is 1. The third-order valence-electron chi connectivity index (χ3n) is 3.22. The normalized spacial score (nSPS) is 21.9. The molecule has 1 saturated heterocycles. The zero-order valence-corrected chi connectivity index (χ0v) is 9.95.